The molecule has 1 aliphatic heterocycles. The lowest BCUT2D eigenvalue weighted by atomic mass is 9.86. The average molecular weight is 539 g/mol. The number of para-hydroxylation sites is 3. The monoisotopic (exact) mass is 538 g/mol. The molecular weight excluding hydrogens is 500 g/mol. The molecule has 0 aliphatic carbocycles. The molecule has 0 radical (unpaired) electrons. The van der Waals surface area contributed by atoms with E-state index in [2.05, 4.69) is 51.7 Å². The number of hydrogen-bond acceptors (Lipinski definition) is 5. The van der Waals surface area contributed by atoms with Crippen LogP contribution in [-0.2, 0) is 5.41 Å². The maximum absolute atomic E-state index is 13.8. The molecule has 5 rings (SSSR count). The molecule has 1 amide bonds. The Kier molecular flexibility index (Phi) is 7.51. The van der Waals surface area contributed by atoms with Crippen molar-refractivity contribution in [2.75, 3.05) is 26.7 Å². The standard InChI is InChI=1S/C33H38N4O3/c1-22-21-35(19-20-36(22)31(38)24-15-17-25(18-16-24)33(3,4)5)23(2)30-34-27-12-8-7-11-26(27)32(39)37(30)28-13-9-10-14-29(28)40-6/h7-18,22-23H,19-21H2,1-6H3. The van der Waals surface area contributed by atoms with Gasteiger partial charge in [-0.1, -0.05) is 57.2 Å². The van der Waals surface area contributed by atoms with Crippen LogP contribution in [0.3, 0.4) is 0 Å². The van der Waals surface area contributed by atoms with Crippen LogP contribution in [0.15, 0.2) is 77.6 Å². The highest BCUT2D eigenvalue weighted by atomic mass is 16.5. The minimum absolute atomic E-state index is 0.00196. The molecule has 40 heavy (non-hydrogen) atoms. The normalized spacial score (nSPS) is 17.1. The number of hydrogen-bond donors (Lipinski definition) is 0. The third-order valence-corrected chi connectivity index (χ3v) is 7.97. The first-order valence-electron chi connectivity index (χ1n) is 13.9. The highest BCUT2D eigenvalue weighted by Crippen LogP contribution is 2.29. The Labute approximate surface area is 236 Å². The van der Waals surface area contributed by atoms with Gasteiger partial charge in [0, 0.05) is 31.2 Å². The number of methoxy groups -OCH3 is 1. The number of aromatic nitrogens is 2. The first-order valence-corrected chi connectivity index (χ1v) is 13.9. The Hall–Kier alpha value is -3.97. The highest BCUT2D eigenvalue weighted by Gasteiger charge is 2.33. The van der Waals surface area contributed by atoms with Crippen molar-refractivity contribution >= 4 is 16.8 Å². The van der Waals surface area contributed by atoms with E-state index in [1.165, 1.54) is 5.56 Å². The molecule has 1 fully saturated rings. The maximum atomic E-state index is 13.8. The first-order chi connectivity index (χ1) is 19.1. The van der Waals surface area contributed by atoms with E-state index in [1.54, 1.807) is 11.7 Å². The first kappa shape index (κ1) is 27.6. The molecule has 7 nitrogen and oxygen atoms in total. The molecule has 2 atom stereocenters. The molecular formula is C33H38N4O3. The van der Waals surface area contributed by atoms with Gasteiger partial charge in [0.05, 0.1) is 29.7 Å². The van der Waals surface area contributed by atoms with Crippen LogP contribution in [0.25, 0.3) is 16.6 Å². The van der Waals surface area contributed by atoms with Crippen molar-refractivity contribution < 1.29 is 9.53 Å². The van der Waals surface area contributed by atoms with E-state index < -0.39 is 0 Å². The zero-order chi connectivity index (χ0) is 28.6. The zero-order valence-electron chi connectivity index (χ0n) is 24.2. The van der Waals surface area contributed by atoms with E-state index >= 15 is 0 Å². The largest absolute Gasteiger partial charge is 0.495 e. The van der Waals surface area contributed by atoms with E-state index in [0.717, 1.165) is 0 Å². The fraction of sp³-hybridized carbons (Fsp3) is 0.364. The molecule has 0 saturated carbocycles. The third-order valence-electron chi connectivity index (χ3n) is 7.97. The molecule has 1 saturated heterocycles. The Morgan fingerprint density at radius 1 is 0.975 bits per heavy atom. The summed E-state index contributed by atoms with van der Waals surface area (Å²) in [4.78, 5) is 36.6. The van der Waals surface area contributed by atoms with Gasteiger partial charge in [-0.25, -0.2) is 4.98 Å². The maximum Gasteiger partial charge on any atom is 0.266 e. The van der Waals surface area contributed by atoms with Gasteiger partial charge in [0.25, 0.3) is 11.5 Å². The molecule has 0 spiro atoms. The van der Waals surface area contributed by atoms with Gasteiger partial charge in [-0.05, 0) is 61.2 Å². The predicted molar refractivity (Wildman–Crippen MR) is 160 cm³/mol. The van der Waals surface area contributed by atoms with Gasteiger partial charge in [-0.2, -0.15) is 0 Å². The number of benzene rings is 3. The molecule has 2 heterocycles. The topological polar surface area (TPSA) is 67.7 Å². The second kappa shape index (κ2) is 10.9. The minimum atomic E-state index is -0.173. The minimum Gasteiger partial charge on any atom is -0.495 e. The van der Waals surface area contributed by atoms with Crippen LogP contribution in [0.1, 0.15) is 62.4 Å². The SMILES string of the molecule is COc1ccccc1-n1c(C(C)N2CCN(C(=O)c3ccc(C(C)(C)C)cc3)C(C)C2)nc2ccccc2c1=O. The number of nitrogens with zero attached hydrogens (tertiary/aromatic N) is 4. The number of fused-ring (bicyclic) bond motifs is 1. The van der Waals surface area contributed by atoms with Crippen LogP contribution >= 0.6 is 0 Å². The van der Waals surface area contributed by atoms with Crippen LogP contribution < -0.4 is 10.3 Å². The predicted octanol–water partition coefficient (Wildman–Crippen LogP) is 5.60. The molecule has 0 bridgehead atoms. The second-order valence-electron chi connectivity index (χ2n) is 11.6. The van der Waals surface area contributed by atoms with Crippen molar-refractivity contribution in [3.05, 3.63) is 100 Å². The smallest absolute Gasteiger partial charge is 0.266 e. The van der Waals surface area contributed by atoms with Crippen molar-refractivity contribution in [1.82, 2.24) is 19.4 Å². The molecule has 3 aromatic carbocycles. The summed E-state index contributed by atoms with van der Waals surface area (Å²) in [6, 6.07) is 22.8. The Bertz CT molecular complexity index is 1590. The lowest BCUT2D eigenvalue weighted by Crippen LogP contribution is -2.54. The van der Waals surface area contributed by atoms with Gasteiger partial charge in [-0.3, -0.25) is 19.1 Å². The van der Waals surface area contributed by atoms with Crippen LogP contribution in [0.4, 0.5) is 0 Å². The molecule has 0 N–H and O–H groups in total. The summed E-state index contributed by atoms with van der Waals surface area (Å²) in [6.07, 6.45) is 0. The van der Waals surface area contributed by atoms with E-state index in [9.17, 15) is 9.59 Å². The summed E-state index contributed by atoms with van der Waals surface area (Å²) in [6.45, 7) is 12.6. The molecule has 208 valence electrons. The lowest BCUT2D eigenvalue weighted by Gasteiger charge is -2.42. The van der Waals surface area contributed by atoms with Gasteiger partial charge in [0.2, 0.25) is 0 Å². The molecule has 7 heteroatoms. The van der Waals surface area contributed by atoms with Crippen molar-refractivity contribution in [1.29, 1.82) is 0 Å². The average Bonchev–Trinajstić information content (AvgIpc) is 2.96. The van der Waals surface area contributed by atoms with Gasteiger partial charge >= 0.3 is 0 Å². The fourth-order valence-electron chi connectivity index (χ4n) is 5.56. The molecule has 2 unspecified atom stereocenters. The van der Waals surface area contributed by atoms with Crippen LogP contribution in [0, 0.1) is 0 Å². The number of carbonyl (C=O) groups is 1. The van der Waals surface area contributed by atoms with E-state index in [1.807, 2.05) is 65.6 Å². The number of rotatable bonds is 5. The summed E-state index contributed by atoms with van der Waals surface area (Å²) in [5.74, 6) is 1.31. The van der Waals surface area contributed by atoms with E-state index in [0.29, 0.717) is 53.4 Å². The van der Waals surface area contributed by atoms with Crippen molar-refractivity contribution in [2.45, 2.75) is 52.1 Å². The summed E-state index contributed by atoms with van der Waals surface area (Å²) in [5.41, 5.74) is 3.16. The Morgan fingerprint density at radius 2 is 1.65 bits per heavy atom. The lowest BCUT2D eigenvalue weighted by molar-refractivity contribution is 0.0394. The Morgan fingerprint density at radius 3 is 2.33 bits per heavy atom. The van der Waals surface area contributed by atoms with E-state index in [-0.39, 0.29) is 29.0 Å². The highest BCUT2D eigenvalue weighted by molar-refractivity contribution is 5.94. The molecule has 1 aromatic heterocycles. The van der Waals surface area contributed by atoms with Gasteiger partial charge in [-0.15, -0.1) is 0 Å². The third kappa shape index (κ3) is 5.13. The van der Waals surface area contributed by atoms with Crippen molar-refractivity contribution in [2.24, 2.45) is 0 Å². The summed E-state index contributed by atoms with van der Waals surface area (Å²) in [7, 11) is 1.61. The molecule has 1 aliphatic rings. The van der Waals surface area contributed by atoms with E-state index in [4.69, 9.17) is 9.72 Å². The number of piperazine rings is 1. The number of carbonyl (C=O) groups excluding carboxylic acids is 1. The van der Waals surface area contributed by atoms with Crippen LogP contribution in [-0.4, -0.2) is 58.0 Å². The number of amides is 1. The quantitative estimate of drug-likeness (QED) is 0.331. The number of ether oxygens (including phenoxy) is 1. The molecule has 4 aromatic rings. The van der Waals surface area contributed by atoms with Gasteiger partial charge < -0.3 is 9.64 Å². The van der Waals surface area contributed by atoms with Crippen molar-refractivity contribution in [3.63, 3.8) is 0 Å². The van der Waals surface area contributed by atoms with Gasteiger partial charge in [0.15, 0.2) is 0 Å². The zero-order valence-corrected chi connectivity index (χ0v) is 24.2. The van der Waals surface area contributed by atoms with Crippen molar-refractivity contribution in [3.8, 4) is 11.4 Å². The van der Waals surface area contributed by atoms with Crippen LogP contribution in [0.5, 0.6) is 5.75 Å². The Balaban J connectivity index is 1.44. The fourth-order valence-corrected chi connectivity index (χ4v) is 5.56. The summed E-state index contributed by atoms with van der Waals surface area (Å²) < 4.78 is 7.31. The van der Waals surface area contributed by atoms with Crippen LogP contribution in [0.2, 0.25) is 0 Å². The second-order valence-corrected chi connectivity index (χ2v) is 11.6. The van der Waals surface area contributed by atoms with Gasteiger partial charge in [0.1, 0.15) is 11.6 Å². The summed E-state index contributed by atoms with van der Waals surface area (Å²) >= 11 is 0. The summed E-state index contributed by atoms with van der Waals surface area (Å²) in [5, 5.41) is 0.561.